The highest BCUT2D eigenvalue weighted by atomic mass is 32.2. The number of thioether (sulfide) groups is 1. The minimum atomic E-state index is -0.247. The Labute approximate surface area is 166 Å². The van der Waals surface area contributed by atoms with Crippen molar-refractivity contribution in [3.63, 3.8) is 0 Å². The van der Waals surface area contributed by atoms with E-state index in [4.69, 9.17) is 4.74 Å². The molecule has 10 heteroatoms. The highest BCUT2D eigenvalue weighted by Gasteiger charge is 2.40. The molecule has 0 saturated carbocycles. The van der Waals surface area contributed by atoms with Gasteiger partial charge < -0.3 is 10.1 Å². The van der Waals surface area contributed by atoms with Crippen LogP contribution in [0.5, 0.6) is 0 Å². The first-order chi connectivity index (χ1) is 13.3. The quantitative estimate of drug-likeness (QED) is 0.784. The van der Waals surface area contributed by atoms with Crippen molar-refractivity contribution in [1.82, 2.24) is 25.4 Å². The van der Waals surface area contributed by atoms with Gasteiger partial charge in [0.15, 0.2) is 5.01 Å². The minimum absolute atomic E-state index is 0.0199. The Hall–Kier alpha value is -1.75. The number of amides is 2. The Morgan fingerprint density at radius 3 is 2.93 bits per heavy atom. The normalized spacial score (nSPS) is 23.3. The van der Waals surface area contributed by atoms with E-state index in [2.05, 4.69) is 30.7 Å². The third-order valence-electron chi connectivity index (χ3n) is 4.87. The number of nitrogens with one attached hydrogen (secondary N) is 2. The summed E-state index contributed by atoms with van der Waals surface area (Å²) >= 11 is 3.26. The van der Waals surface area contributed by atoms with Crippen LogP contribution in [0, 0.1) is 0 Å². The lowest BCUT2D eigenvalue weighted by Gasteiger charge is -2.42. The Morgan fingerprint density at radius 2 is 2.19 bits per heavy atom. The lowest BCUT2D eigenvalue weighted by Crippen LogP contribution is -2.59. The van der Waals surface area contributed by atoms with E-state index < -0.39 is 0 Å². The maximum absolute atomic E-state index is 12.4. The van der Waals surface area contributed by atoms with Gasteiger partial charge in [0, 0.05) is 37.1 Å². The molecule has 2 fully saturated rings. The van der Waals surface area contributed by atoms with Gasteiger partial charge in [-0.15, -0.1) is 10.2 Å². The standard InChI is InChI=1S/C17H22N6O2S2/c24-15(20-16-22-21-14(27-16)13-3-1-2-5-18-13)19-11-17(4-10-26-12-17)23-6-8-25-9-7-23/h1-3,5H,4,6-12H2,(H2,19,20,22,24). The zero-order chi connectivity index (χ0) is 18.5. The zero-order valence-electron chi connectivity index (χ0n) is 14.9. The molecule has 4 heterocycles. The number of carbonyl (C=O) groups excluding carboxylic acids is 1. The fourth-order valence-electron chi connectivity index (χ4n) is 3.39. The zero-order valence-corrected chi connectivity index (χ0v) is 16.5. The van der Waals surface area contributed by atoms with Gasteiger partial charge in [-0.3, -0.25) is 15.2 Å². The van der Waals surface area contributed by atoms with Crippen LogP contribution in [0.1, 0.15) is 6.42 Å². The number of urea groups is 1. The van der Waals surface area contributed by atoms with Gasteiger partial charge in [0.25, 0.3) is 0 Å². The largest absolute Gasteiger partial charge is 0.379 e. The molecule has 2 aliphatic heterocycles. The van der Waals surface area contributed by atoms with E-state index in [9.17, 15) is 4.79 Å². The van der Waals surface area contributed by atoms with Crippen molar-refractivity contribution in [2.75, 3.05) is 49.7 Å². The number of ether oxygens (including phenoxy) is 1. The van der Waals surface area contributed by atoms with E-state index in [1.165, 1.54) is 11.3 Å². The molecule has 2 amide bonds. The van der Waals surface area contributed by atoms with Crippen LogP contribution in [0.25, 0.3) is 10.7 Å². The molecule has 8 nitrogen and oxygen atoms in total. The smallest absolute Gasteiger partial charge is 0.321 e. The number of pyridine rings is 1. The Bertz CT molecular complexity index is 760. The molecule has 0 radical (unpaired) electrons. The van der Waals surface area contributed by atoms with Gasteiger partial charge in [-0.2, -0.15) is 11.8 Å². The highest BCUT2D eigenvalue weighted by Crippen LogP contribution is 2.33. The van der Waals surface area contributed by atoms with Crippen LogP contribution in [0.15, 0.2) is 24.4 Å². The van der Waals surface area contributed by atoms with Crippen molar-refractivity contribution in [2.45, 2.75) is 12.0 Å². The molecule has 144 valence electrons. The molecule has 0 aromatic carbocycles. The molecule has 4 rings (SSSR count). The summed E-state index contributed by atoms with van der Waals surface area (Å²) in [4.78, 5) is 19.1. The van der Waals surface area contributed by atoms with E-state index >= 15 is 0 Å². The van der Waals surface area contributed by atoms with Crippen LogP contribution in [0.4, 0.5) is 9.93 Å². The van der Waals surface area contributed by atoms with Crippen molar-refractivity contribution in [1.29, 1.82) is 0 Å². The summed E-state index contributed by atoms with van der Waals surface area (Å²) in [5.74, 6) is 2.17. The average molecular weight is 407 g/mol. The molecule has 0 spiro atoms. The molecule has 0 bridgehead atoms. The predicted molar refractivity (Wildman–Crippen MR) is 107 cm³/mol. The van der Waals surface area contributed by atoms with Gasteiger partial charge in [-0.05, 0) is 24.3 Å². The average Bonchev–Trinajstić information content (AvgIpc) is 3.38. The molecule has 2 N–H and O–H groups in total. The van der Waals surface area contributed by atoms with E-state index in [0.29, 0.717) is 16.7 Å². The molecule has 2 aromatic rings. The van der Waals surface area contributed by atoms with Crippen LogP contribution in [-0.2, 0) is 4.74 Å². The lowest BCUT2D eigenvalue weighted by atomic mass is 9.95. The van der Waals surface area contributed by atoms with E-state index in [-0.39, 0.29) is 11.6 Å². The van der Waals surface area contributed by atoms with Gasteiger partial charge >= 0.3 is 6.03 Å². The summed E-state index contributed by atoms with van der Waals surface area (Å²) in [7, 11) is 0. The van der Waals surface area contributed by atoms with Crippen molar-refractivity contribution in [3.05, 3.63) is 24.4 Å². The van der Waals surface area contributed by atoms with Gasteiger partial charge in [-0.25, -0.2) is 4.79 Å². The minimum Gasteiger partial charge on any atom is -0.379 e. The fraction of sp³-hybridized carbons (Fsp3) is 0.529. The molecule has 0 aliphatic carbocycles. The summed E-state index contributed by atoms with van der Waals surface area (Å²) < 4.78 is 5.48. The third kappa shape index (κ3) is 4.40. The number of carbonyl (C=O) groups is 1. The van der Waals surface area contributed by atoms with Gasteiger partial charge in [0.1, 0.15) is 5.69 Å². The van der Waals surface area contributed by atoms with Crippen LogP contribution in [0.2, 0.25) is 0 Å². The van der Waals surface area contributed by atoms with Crippen molar-refractivity contribution in [3.8, 4) is 10.7 Å². The van der Waals surface area contributed by atoms with E-state index in [1.54, 1.807) is 6.20 Å². The first-order valence-electron chi connectivity index (χ1n) is 8.96. The summed E-state index contributed by atoms with van der Waals surface area (Å²) in [5, 5.41) is 15.1. The van der Waals surface area contributed by atoms with Gasteiger partial charge in [-0.1, -0.05) is 17.4 Å². The van der Waals surface area contributed by atoms with Crippen LogP contribution in [0.3, 0.4) is 0 Å². The van der Waals surface area contributed by atoms with Crippen molar-refractivity contribution < 1.29 is 9.53 Å². The number of hydrogen-bond donors (Lipinski definition) is 2. The molecular formula is C17H22N6O2S2. The second-order valence-electron chi connectivity index (χ2n) is 6.56. The van der Waals surface area contributed by atoms with Gasteiger partial charge in [0.05, 0.1) is 13.2 Å². The van der Waals surface area contributed by atoms with Crippen LogP contribution in [-0.4, -0.2) is 76.0 Å². The Kier molecular flexibility index (Phi) is 5.86. The third-order valence-corrected chi connectivity index (χ3v) is 6.97. The molecule has 1 unspecified atom stereocenters. The van der Waals surface area contributed by atoms with Gasteiger partial charge in [0.2, 0.25) is 5.13 Å². The highest BCUT2D eigenvalue weighted by molar-refractivity contribution is 7.99. The second kappa shape index (κ2) is 8.51. The molecule has 2 saturated heterocycles. The molecule has 2 aliphatic rings. The number of aromatic nitrogens is 3. The fourth-order valence-corrected chi connectivity index (χ4v) is 5.58. The van der Waals surface area contributed by atoms with Crippen LogP contribution >= 0.6 is 23.1 Å². The van der Waals surface area contributed by atoms with E-state index in [1.807, 2.05) is 30.0 Å². The first-order valence-corrected chi connectivity index (χ1v) is 10.9. The molecular weight excluding hydrogens is 384 g/mol. The number of anilines is 1. The summed E-state index contributed by atoms with van der Waals surface area (Å²) in [6, 6.07) is 5.37. The SMILES string of the molecule is O=C(NCC1(N2CCOCC2)CCSC1)Nc1nnc(-c2ccccn2)s1. The number of nitrogens with zero attached hydrogens (tertiary/aromatic N) is 4. The Balaban J connectivity index is 1.34. The number of hydrogen-bond acceptors (Lipinski definition) is 8. The Morgan fingerprint density at radius 1 is 1.30 bits per heavy atom. The summed E-state index contributed by atoms with van der Waals surface area (Å²) in [6.07, 6.45) is 2.79. The lowest BCUT2D eigenvalue weighted by molar-refractivity contribution is -0.0123. The maximum Gasteiger partial charge on any atom is 0.321 e. The van der Waals surface area contributed by atoms with Crippen molar-refractivity contribution in [2.24, 2.45) is 0 Å². The second-order valence-corrected chi connectivity index (χ2v) is 8.64. The summed E-state index contributed by atoms with van der Waals surface area (Å²) in [5.41, 5.74) is 0.768. The van der Waals surface area contributed by atoms with Crippen LogP contribution < -0.4 is 10.6 Å². The predicted octanol–water partition coefficient (Wildman–Crippen LogP) is 1.93. The van der Waals surface area contributed by atoms with E-state index in [0.717, 1.165) is 49.9 Å². The summed E-state index contributed by atoms with van der Waals surface area (Å²) in [6.45, 7) is 4.00. The maximum atomic E-state index is 12.4. The molecule has 2 aromatic heterocycles. The first kappa shape index (κ1) is 18.6. The topological polar surface area (TPSA) is 92.3 Å². The monoisotopic (exact) mass is 406 g/mol. The molecule has 1 atom stereocenters. The number of morpholine rings is 1. The van der Waals surface area contributed by atoms with Crippen molar-refractivity contribution >= 4 is 34.3 Å². The molecule has 27 heavy (non-hydrogen) atoms. The number of rotatable bonds is 5.